The SMILES string of the molecule is OCCNC(O)C(CO)(CO)NCCO. The lowest BCUT2D eigenvalue weighted by Crippen LogP contribution is -2.65. The van der Waals surface area contributed by atoms with Gasteiger partial charge in [-0.3, -0.25) is 5.32 Å². The third kappa shape index (κ3) is 4.39. The number of hydrogen-bond acceptors (Lipinski definition) is 7. The van der Waals surface area contributed by atoms with Crippen LogP contribution in [-0.2, 0) is 0 Å². The quantitative estimate of drug-likeness (QED) is 0.200. The van der Waals surface area contributed by atoms with Gasteiger partial charge in [0.05, 0.1) is 26.4 Å². The molecule has 0 aromatic carbocycles. The molecular weight excluding hydrogens is 204 g/mol. The van der Waals surface area contributed by atoms with E-state index in [1.807, 2.05) is 0 Å². The average Bonchev–Trinajstić information content (AvgIpc) is 2.28. The standard InChI is InChI=1S/C8H20N2O5/c11-3-1-9-7(15)8(5-13,6-14)10-2-4-12/h7,9-15H,1-6H2. The molecule has 1 atom stereocenters. The van der Waals surface area contributed by atoms with Crippen LogP contribution in [-0.4, -0.2) is 76.8 Å². The number of nitrogens with one attached hydrogen (secondary N) is 2. The molecule has 0 aliphatic carbocycles. The van der Waals surface area contributed by atoms with Gasteiger partial charge in [-0.25, -0.2) is 0 Å². The summed E-state index contributed by atoms with van der Waals surface area (Å²) in [6.45, 7) is -1.05. The maximum absolute atomic E-state index is 9.63. The van der Waals surface area contributed by atoms with Crippen molar-refractivity contribution in [3.8, 4) is 0 Å². The smallest absolute Gasteiger partial charge is 0.127 e. The Morgan fingerprint density at radius 3 is 1.87 bits per heavy atom. The highest BCUT2D eigenvalue weighted by Crippen LogP contribution is 2.07. The van der Waals surface area contributed by atoms with Crippen molar-refractivity contribution in [1.29, 1.82) is 0 Å². The molecule has 0 aliphatic heterocycles. The summed E-state index contributed by atoms with van der Waals surface area (Å²) in [6.07, 6.45) is -1.22. The molecule has 0 aliphatic rings. The van der Waals surface area contributed by atoms with Gasteiger partial charge in [-0.1, -0.05) is 0 Å². The Morgan fingerprint density at radius 2 is 1.47 bits per heavy atom. The van der Waals surface area contributed by atoms with Crippen molar-refractivity contribution in [2.75, 3.05) is 39.5 Å². The predicted molar refractivity (Wildman–Crippen MR) is 53.1 cm³/mol. The van der Waals surface area contributed by atoms with Gasteiger partial charge in [0.15, 0.2) is 0 Å². The largest absolute Gasteiger partial charge is 0.395 e. The molecule has 1 unspecified atom stereocenters. The first kappa shape index (κ1) is 14.7. The van der Waals surface area contributed by atoms with Crippen molar-refractivity contribution in [2.45, 2.75) is 11.8 Å². The molecule has 0 amide bonds. The second-order valence-corrected chi connectivity index (χ2v) is 3.20. The molecule has 0 radical (unpaired) electrons. The molecule has 0 rings (SSSR count). The topological polar surface area (TPSA) is 125 Å². The Morgan fingerprint density at radius 1 is 0.933 bits per heavy atom. The van der Waals surface area contributed by atoms with Crippen molar-refractivity contribution >= 4 is 0 Å². The monoisotopic (exact) mass is 224 g/mol. The van der Waals surface area contributed by atoms with Crippen molar-refractivity contribution < 1.29 is 25.5 Å². The van der Waals surface area contributed by atoms with E-state index >= 15 is 0 Å². The lowest BCUT2D eigenvalue weighted by Gasteiger charge is -2.35. The third-order valence-corrected chi connectivity index (χ3v) is 2.13. The predicted octanol–water partition coefficient (Wildman–Crippen LogP) is -3.81. The van der Waals surface area contributed by atoms with Crippen LogP contribution >= 0.6 is 0 Å². The first-order chi connectivity index (χ1) is 7.16. The van der Waals surface area contributed by atoms with Crippen LogP contribution in [0.2, 0.25) is 0 Å². The summed E-state index contributed by atoms with van der Waals surface area (Å²) in [5.41, 5.74) is -1.32. The fourth-order valence-electron chi connectivity index (χ4n) is 1.13. The van der Waals surface area contributed by atoms with E-state index in [2.05, 4.69) is 10.6 Å². The summed E-state index contributed by atoms with van der Waals surface area (Å²) >= 11 is 0. The molecule has 7 nitrogen and oxygen atoms in total. The van der Waals surface area contributed by atoms with Gasteiger partial charge in [-0.05, 0) is 0 Å². The van der Waals surface area contributed by atoms with Crippen LogP contribution in [0.15, 0.2) is 0 Å². The van der Waals surface area contributed by atoms with Crippen LogP contribution in [0.4, 0.5) is 0 Å². The van der Waals surface area contributed by atoms with Gasteiger partial charge in [-0.2, -0.15) is 0 Å². The molecule has 7 N–H and O–H groups in total. The normalized spacial score (nSPS) is 14.2. The molecule has 0 aromatic rings. The Kier molecular flexibility index (Phi) is 7.79. The van der Waals surface area contributed by atoms with Crippen LogP contribution in [0.25, 0.3) is 0 Å². The molecule has 92 valence electrons. The Balaban J connectivity index is 4.30. The molecule has 15 heavy (non-hydrogen) atoms. The van der Waals surface area contributed by atoms with Crippen LogP contribution in [0.5, 0.6) is 0 Å². The second kappa shape index (κ2) is 7.94. The maximum atomic E-state index is 9.63. The fraction of sp³-hybridized carbons (Fsp3) is 1.00. The van der Waals surface area contributed by atoms with Gasteiger partial charge in [0.25, 0.3) is 0 Å². The minimum Gasteiger partial charge on any atom is -0.395 e. The second-order valence-electron chi connectivity index (χ2n) is 3.20. The first-order valence-corrected chi connectivity index (χ1v) is 4.76. The highest BCUT2D eigenvalue weighted by molar-refractivity contribution is 4.92. The van der Waals surface area contributed by atoms with E-state index in [4.69, 9.17) is 20.4 Å². The van der Waals surface area contributed by atoms with Gasteiger partial charge >= 0.3 is 0 Å². The first-order valence-electron chi connectivity index (χ1n) is 4.76. The highest BCUT2D eigenvalue weighted by Gasteiger charge is 2.36. The number of aliphatic hydroxyl groups excluding tert-OH is 5. The number of hydrogen-bond donors (Lipinski definition) is 7. The molecular formula is C8H20N2O5. The van der Waals surface area contributed by atoms with Gasteiger partial charge in [0.1, 0.15) is 11.8 Å². The molecule has 0 saturated heterocycles. The number of β-amino-alcohol motifs (C(OH)–C–C–N with tert-alkyl or cyclic N) is 1. The summed E-state index contributed by atoms with van der Waals surface area (Å²) < 4.78 is 0. The highest BCUT2D eigenvalue weighted by atomic mass is 16.3. The van der Waals surface area contributed by atoms with Gasteiger partial charge in [0.2, 0.25) is 0 Å². The molecule has 0 bridgehead atoms. The van der Waals surface area contributed by atoms with Crippen LogP contribution < -0.4 is 10.6 Å². The van der Waals surface area contributed by atoms with E-state index in [1.54, 1.807) is 0 Å². The van der Waals surface area contributed by atoms with Crippen LogP contribution in [0.1, 0.15) is 0 Å². The summed E-state index contributed by atoms with van der Waals surface area (Å²) in [5.74, 6) is 0. The van der Waals surface area contributed by atoms with E-state index in [0.29, 0.717) is 0 Å². The zero-order valence-corrected chi connectivity index (χ0v) is 8.56. The average molecular weight is 224 g/mol. The Bertz CT molecular complexity index is 154. The number of rotatable bonds is 9. The van der Waals surface area contributed by atoms with Crippen LogP contribution in [0.3, 0.4) is 0 Å². The zero-order valence-electron chi connectivity index (χ0n) is 8.56. The minimum absolute atomic E-state index is 0.138. The van der Waals surface area contributed by atoms with E-state index in [9.17, 15) is 5.11 Å². The van der Waals surface area contributed by atoms with Crippen molar-refractivity contribution in [3.05, 3.63) is 0 Å². The molecule has 0 fully saturated rings. The van der Waals surface area contributed by atoms with E-state index in [0.717, 1.165) is 0 Å². The maximum Gasteiger partial charge on any atom is 0.127 e. The van der Waals surface area contributed by atoms with Gasteiger partial charge < -0.3 is 30.8 Å². The molecule has 0 saturated carbocycles. The molecule has 7 heteroatoms. The summed E-state index contributed by atoms with van der Waals surface area (Å²) in [7, 11) is 0. The molecule has 0 spiro atoms. The van der Waals surface area contributed by atoms with Gasteiger partial charge in [0, 0.05) is 13.1 Å². The summed E-state index contributed by atoms with van der Waals surface area (Å²) in [4.78, 5) is 0. The minimum atomic E-state index is -1.32. The van der Waals surface area contributed by atoms with Crippen LogP contribution in [0, 0.1) is 0 Å². The zero-order chi connectivity index (χ0) is 11.7. The van der Waals surface area contributed by atoms with E-state index in [1.165, 1.54) is 0 Å². The molecule has 0 aromatic heterocycles. The summed E-state index contributed by atoms with van der Waals surface area (Å²) in [6, 6.07) is 0. The lowest BCUT2D eigenvalue weighted by atomic mass is 9.99. The van der Waals surface area contributed by atoms with Gasteiger partial charge in [-0.15, -0.1) is 0 Å². The third-order valence-electron chi connectivity index (χ3n) is 2.13. The van der Waals surface area contributed by atoms with Crippen molar-refractivity contribution in [3.63, 3.8) is 0 Å². The van der Waals surface area contributed by atoms with Crippen molar-refractivity contribution in [1.82, 2.24) is 10.6 Å². The lowest BCUT2D eigenvalue weighted by molar-refractivity contribution is -0.0354. The summed E-state index contributed by atoms with van der Waals surface area (Å²) in [5, 5.41) is 50.2. The van der Waals surface area contributed by atoms with E-state index in [-0.39, 0.29) is 26.3 Å². The number of aliphatic hydroxyl groups is 5. The Hall–Kier alpha value is -0.280. The molecule has 0 heterocycles. The van der Waals surface area contributed by atoms with E-state index < -0.39 is 25.0 Å². The fourth-order valence-corrected chi connectivity index (χ4v) is 1.13. The Labute approximate surface area is 88.4 Å². The van der Waals surface area contributed by atoms with Crippen molar-refractivity contribution in [2.24, 2.45) is 0 Å².